The Morgan fingerprint density at radius 1 is 1.27 bits per heavy atom. The standard InChI is InChI=1S/C9H11ClTe/c1-11-7-6-8-2-4-9(10)5-3-8/h2-5H,6-7H2,1H3. The molecule has 1 aromatic rings. The molecule has 60 valence electrons. The van der Waals surface area contributed by atoms with E-state index in [1.54, 1.807) is 0 Å². The van der Waals surface area contributed by atoms with Crippen molar-refractivity contribution >= 4 is 32.5 Å². The van der Waals surface area contributed by atoms with Crippen LogP contribution in [0.3, 0.4) is 0 Å². The summed E-state index contributed by atoms with van der Waals surface area (Å²) in [7, 11) is 0. The van der Waals surface area contributed by atoms with Gasteiger partial charge in [-0.05, 0) is 0 Å². The van der Waals surface area contributed by atoms with Gasteiger partial charge in [0.05, 0.1) is 0 Å². The normalized spacial score (nSPS) is 10.0. The Hall–Kier alpha value is 0.300. The monoisotopic (exact) mass is 284 g/mol. The maximum absolute atomic E-state index is 5.75. The van der Waals surface area contributed by atoms with Crippen LogP contribution in [0, 0.1) is 0 Å². The Labute approximate surface area is 83.0 Å². The average Bonchev–Trinajstić information content (AvgIpc) is 2.04. The van der Waals surface area contributed by atoms with Crippen molar-refractivity contribution in [3.8, 4) is 0 Å². The van der Waals surface area contributed by atoms with Crippen LogP contribution in [0.1, 0.15) is 5.56 Å². The molecule has 0 unspecified atom stereocenters. The first kappa shape index (κ1) is 9.39. The van der Waals surface area contributed by atoms with Crippen LogP contribution in [0.5, 0.6) is 0 Å². The molecular weight excluding hydrogens is 271 g/mol. The van der Waals surface area contributed by atoms with Crippen LogP contribution in [0.15, 0.2) is 24.3 Å². The zero-order valence-corrected chi connectivity index (χ0v) is 9.60. The molecule has 0 spiro atoms. The zero-order chi connectivity index (χ0) is 8.10. The molecule has 1 aromatic carbocycles. The van der Waals surface area contributed by atoms with Gasteiger partial charge in [0.2, 0.25) is 0 Å². The van der Waals surface area contributed by atoms with Gasteiger partial charge in [-0.15, -0.1) is 0 Å². The predicted octanol–water partition coefficient (Wildman–Crippen LogP) is 3.05. The molecule has 0 atom stereocenters. The number of aryl methyl sites for hydroxylation is 1. The first-order valence-electron chi connectivity index (χ1n) is 3.56. The van der Waals surface area contributed by atoms with E-state index in [0.29, 0.717) is 20.9 Å². The van der Waals surface area contributed by atoms with E-state index < -0.39 is 0 Å². The van der Waals surface area contributed by atoms with E-state index in [2.05, 4.69) is 17.1 Å². The molecule has 2 heteroatoms. The summed E-state index contributed by atoms with van der Waals surface area (Å²) in [5.74, 6) is 0. The van der Waals surface area contributed by atoms with E-state index in [9.17, 15) is 0 Å². The van der Waals surface area contributed by atoms with Gasteiger partial charge in [-0.2, -0.15) is 0 Å². The summed E-state index contributed by atoms with van der Waals surface area (Å²) in [4.78, 5) is 2.33. The maximum atomic E-state index is 5.75. The van der Waals surface area contributed by atoms with E-state index in [1.807, 2.05) is 12.1 Å². The van der Waals surface area contributed by atoms with Crippen LogP contribution < -0.4 is 0 Å². The van der Waals surface area contributed by atoms with Gasteiger partial charge in [0.25, 0.3) is 0 Å². The fraction of sp³-hybridized carbons (Fsp3) is 0.333. The summed E-state index contributed by atoms with van der Waals surface area (Å²) in [6.07, 6.45) is 1.23. The molecule has 0 bridgehead atoms. The minimum atomic E-state index is 0.293. The molecular formula is C9H11ClTe. The molecule has 1 rings (SSSR count). The second kappa shape index (κ2) is 5.04. The molecule has 0 heterocycles. The summed E-state index contributed by atoms with van der Waals surface area (Å²) in [5, 5.41) is 0.835. The Balaban J connectivity index is 2.52. The van der Waals surface area contributed by atoms with Crippen LogP contribution in [0.25, 0.3) is 0 Å². The molecule has 0 saturated heterocycles. The number of hydrogen-bond donors (Lipinski definition) is 0. The van der Waals surface area contributed by atoms with E-state index in [0.717, 1.165) is 5.02 Å². The molecule has 0 aliphatic rings. The molecule has 0 aliphatic carbocycles. The van der Waals surface area contributed by atoms with E-state index in [4.69, 9.17) is 11.6 Å². The topological polar surface area (TPSA) is 0 Å². The molecule has 0 aliphatic heterocycles. The summed E-state index contributed by atoms with van der Waals surface area (Å²) >= 11 is 6.05. The summed E-state index contributed by atoms with van der Waals surface area (Å²) < 4.78 is 1.40. The second-order valence-corrected chi connectivity index (χ2v) is 5.62. The molecule has 0 nitrogen and oxygen atoms in total. The first-order valence-corrected chi connectivity index (χ1v) is 7.92. The van der Waals surface area contributed by atoms with Gasteiger partial charge in [0, 0.05) is 0 Å². The van der Waals surface area contributed by atoms with Gasteiger partial charge >= 0.3 is 83.2 Å². The van der Waals surface area contributed by atoms with Crippen molar-refractivity contribution in [2.75, 3.05) is 0 Å². The van der Waals surface area contributed by atoms with Crippen LogP contribution in [-0.2, 0) is 6.42 Å². The minimum absolute atomic E-state index is 0.293. The number of halogens is 1. The van der Waals surface area contributed by atoms with Gasteiger partial charge in [-0.1, -0.05) is 0 Å². The molecule has 0 radical (unpaired) electrons. The van der Waals surface area contributed by atoms with Crippen molar-refractivity contribution in [1.82, 2.24) is 0 Å². The van der Waals surface area contributed by atoms with E-state index in [1.165, 1.54) is 16.5 Å². The Morgan fingerprint density at radius 2 is 1.91 bits per heavy atom. The summed E-state index contributed by atoms with van der Waals surface area (Å²) in [6, 6.07) is 8.16. The van der Waals surface area contributed by atoms with Crippen LogP contribution in [0.4, 0.5) is 0 Å². The molecule has 0 fully saturated rings. The fourth-order valence-electron chi connectivity index (χ4n) is 0.871. The van der Waals surface area contributed by atoms with Crippen molar-refractivity contribution in [3.63, 3.8) is 0 Å². The van der Waals surface area contributed by atoms with Crippen molar-refractivity contribution < 1.29 is 0 Å². The fourth-order valence-corrected chi connectivity index (χ4v) is 2.25. The predicted molar refractivity (Wildman–Crippen MR) is 51.6 cm³/mol. The van der Waals surface area contributed by atoms with E-state index in [-0.39, 0.29) is 0 Å². The van der Waals surface area contributed by atoms with Gasteiger partial charge < -0.3 is 0 Å². The second-order valence-electron chi connectivity index (χ2n) is 2.37. The van der Waals surface area contributed by atoms with Gasteiger partial charge in [-0.3, -0.25) is 0 Å². The Bertz CT molecular complexity index is 205. The third-order valence-corrected chi connectivity index (χ3v) is 3.51. The molecule has 11 heavy (non-hydrogen) atoms. The average molecular weight is 282 g/mol. The van der Waals surface area contributed by atoms with Gasteiger partial charge in [0.1, 0.15) is 0 Å². The van der Waals surface area contributed by atoms with Crippen molar-refractivity contribution in [1.29, 1.82) is 0 Å². The molecule has 0 amide bonds. The van der Waals surface area contributed by atoms with Crippen molar-refractivity contribution in [2.24, 2.45) is 0 Å². The zero-order valence-electron chi connectivity index (χ0n) is 6.51. The summed E-state index contributed by atoms with van der Waals surface area (Å²) in [6.45, 7) is 0. The number of benzene rings is 1. The van der Waals surface area contributed by atoms with Crippen LogP contribution in [-0.4, -0.2) is 20.9 Å². The Morgan fingerprint density at radius 3 is 2.45 bits per heavy atom. The van der Waals surface area contributed by atoms with Crippen molar-refractivity contribution in [3.05, 3.63) is 34.9 Å². The van der Waals surface area contributed by atoms with Crippen LogP contribution >= 0.6 is 11.6 Å². The third-order valence-electron chi connectivity index (χ3n) is 1.51. The molecule has 0 N–H and O–H groups in total. The van der Waals surface area contributed by atoms with Crippen molar-refractivity contribution in [2.45, 2.75) is 15.9 Å². The van der Waals surface area contributed by atoms with E-state index >= 15 is 0 Å². The van der Waals surface area contributed by atoms with Crippen LogP contribution in [0.2, 0.25) is 14.5 Å². The Kier molecular flexibility index (Phi) is 4.30. The van der Waals surface area contributed by atoms with Gasteiger partial charge in [-0.25, -0.2) is 0 Å². The first-order chi connectivity index (χ1) is 5.33. The quantitative estimate of drug-likeness (QED) is 0.747. The number of rotatable bonds is 3. The molecule has 0 saturated carbocycles. The third kappa shape index (κ3) is 3.47. The van der Waals surface area contributed by atoms with Gasteiger partial charge in [0.15, 0.2) is 0 Å². The summed E-state index contributed by atoms with van der Waals surface area (Å²) in [5.41, 5.74) is 1.42. The number of hydrogen-bond acceptors (Lipinski definition) is 0. The molecule has 0 aromatic heterocycles. The SMILES string of the molecule is C[Te]CCc1ccc(Cl)cc1.